The Balaban J connectivity index is 2.10. The lowest BCUT2D eigenvalue weighted by Crippen LogP contribution is -2.14. The SMILES string of the molecule is CO[P+]1([S-])N[C@@H](c2ccccc2)CO1. The molecule has 2 atom stereocenters. The third-order valence-electron chi connectivity index (χ3n) is 2.17. The number of benzene rings is 1. The minimum absolute atomic E-state index is 0.169. The molecule has 1 aliphatic rings. The van der Waals surface area contributed by atoms with Crippen LogP contribution >= 0.6 is 7.07 Å². The molecule has 1 aromatic carbocycles. The van der Waals surface area contributed by atoms with Crippen molar-refractivity contribution in [3.8, 4) is 0 Å². The summed E-state index contributed by atoms with van der Waals surface area (Å²) in [7, 11) is -0.605. The second kappa shape index (κ2) is 4.17. The highest BCUT2D eigenvalue weighted by molar-refractivity contribution is 8.37. The molecule has 0 radical (unpaired) electrons. The second-order valence-corrected chi connectivity index (χ2v) is 6.39. The van der Waals surface area contributed by atoms with E-state index in [1.54, 1.807) is 7.11 Å². The molecule has 0 spiro atoms. The van der Waals surface area contributed by atoms with Gasteiger partial charge >= 0.3 is 0 Å². The fourth-order valence-corrected chi connectivity index (χ4v) is 3.20. The Kier molecular flexibility index (Phi) is 3.10. The van der Waals surface area contributed by atoms with Gasteiger partial charge in [-0.3, -0.25) is 0 Å². The molecule has 1 saturated heterocycles. The molecule has 2 rings (SSSR count). The van der Waals surface area contributed by atoms with Gasteiger partial charge in [0.1, 0.15) is 6.61 Å². The molecular formula is C9H12NO2PS. The van der Waals surface area contributed by atoms with Crippen molar-refractivity contribution in [3.63, 3.8) is 0 Å². The normalized spacial score (nSPS) is 32.0. The van der Waals surface area contributed by atoms with Crippen LogP contribution < -0.4 is 5.09 Å². The van der Waals surface area contributed by atoms with Gasteiger partial charge in [0.15, 0.2) is 0 Å². The highest BCUT2D eigenvalue weighted by Gasteiger charge is 2.38. The molecule has 76 valence electrons. The second-order valence-electron chi connectivity index (χ2n) is 3.07. The molecule has 0 aromatic heterocycles. The third kappa shape index (κ3) is 2.10. The summed E-state index contributed by atoms with van der Waals surface area (Å²) in [6, 6.07) is 10.3. The van der Waals surface area contributed by atoms with Crippen molar-refractivity contribution in [2.75, 3.05) is 13.7 Å². The fraction of sp³-hybridized carbons (Fsp3) is 0.333. The van der Waals surface area contributed by atoms with Crippen LogP contribution in [0.15, 0.2) is 30.3 Å². The van der Waals surface area contributed by atoms with Gasteiger partial charge in [-0.15, -0.1) is 5.09 Å². The van der Waals surface area contributed by atoms with E-state index in [9.17, 15) is 0 Å². The lowest BCUT2D eigenvalue weighted by Gasteiger charge is -2.20. The Labute approximate surface area is 89.5 Å². The number of nitrogens with one attached hydrogen (secondary N) is 1. The molecule has 0 aliphatic carbocycles. The van der Waals surface area contributed by atoms with Crippen molar-refractivity contribution < 1.29 is 9.05 Å². The van der Waals surface area contributed by atoms with Crippen LogP contribution in [0.5, 0.6) is 0 Å². The van der Waals surface area contributed by atoms with Crippen molar-refractivity contribution in [1.29, 1.82) is 0 Å². The van der Waals surface area contributed by atoms with Crippen LogP contribution in [0.3, 0.4) is 0 Å². The summed E-state index contributed by atoms with van der Waals surface area (Å²) in [5.41, 5.74) is 1.19. The average molecular weight is 229 g/mol. The van der Waals surface area contributed by atoms with E-state index in [1.165, 1.54) is 5.56 Å². The van der Waals surface area contributed by atoms with E-state index in [-0.39, 0.29) is 6.04 Å². The summed E-state index contributed by atoms with van der Waals surface area (Å²) in [6.45, 7) is 0.592. The van der Waals surface area contributed by atoms with Gasteiger partial charge in [0.25, 0.3) is 0 Å². The third-order valence-corrected chi connectivity index (χ3v) is 4.84. The van der Waals surface area contributed by atoms with Crippen LogP contribution in [-0.4, -0.2) is 13.7 Å². The largest absolute Gasteiger partial charge is 0.472 e. The summed E-state index contributed by atoms with van der Waals surface area (Å²) in [5.74, 6) is 0. The van der Waals surface area contributed by atoms with E-state index < -0.39 is 7.07 Å². The molecule has 1 N–H and O–H groups in total. The maximum absolute atomic E-state index is 5.45. The van der Waals surface area contributed by atoms with Gasteiger partial charge in [0.05, 0.1) is 13.2 Å². The number of rotatable bonds is 2. The molecular weight excluding hydrogens is 217 g/mol. The molecule has 1 aliphatic heterocycles. The molecule has 14 heavy (non-hydrogen) atoms. The molecule has 0 saturated carbocycles. The monoisotopic (exact) mass is 229 g/mol. The summed E-state index contributed by atoms with van der Waals surface area (Å²) >= 11 is 5.20. The van der Waals surface area contributed by atoms with Crippen molar-refractivity contribution in [2.24, 2.45) is 0 Å². The van der Waals surface area contributed by atoms with Crippen LogP contribution in [-0.2, 0) is 21.3 Å². The first-order valence-electron chi connectivity index (χ1n) is 4.36. The smallest absolute Gasteiger partial charge is 0.229 e. The first-order valence-corrected chi connectivity index (χ1v) is 7.00. The van der Waals surface area contributed by atoms with E-state index >= 15 is 0 Å². The van der Waals surface area contributed by atoms with Crippen molar-refractivity contribution in [3.05, 3.63) is 35.9 Å². The zero-order valence-corrected chi connectivity index (χ0v) is 9.55. The molecule has 1 unspecified atom stereocenters. The van der Waals surface area contributed by atoms with Gasteiger partial charge in [-0.2, -0.15) is 0 Å². The first-order chi connectivity index (χ1) is 6.73. The van der Waals surface area contributed by atoms with E-state index in [0.29, 0.717) is 6.61 Å². The predicted octanol–water partition coefficient (Wildman–Crippen LogP) is 2.22. The minimum Gasteiger partial charge on any atom is -0.472 e. The Morgan fingerprint density at radius 3 is 2.79 bits per heavy atom. The zero-order chi connectivity index (χ0) is 10.0. The Morgan fingerprint density at radius 1 is 1.50 bits per heavy atom. The maximum Gasteiger partial charge on any atom is 0.229 e. The summed E-state index contributed by atoms with van der Waals surface area (Å²) in [6.07, 6.45) is 0. The maximum atomic E-state index is 5.45. The number of hydrogen-bond acceptors (Lipinski definition) is 4. The molecule has 1 fully saturated rings. The molecule has 3 nitrogen and oxygen atoms in total. The van der Waals surface area contributed by atoms with Crippen molar-refractivity contribution in [2.45, 2.75) is 6.04 Å². The molecule has 1 aromatic rings. The van der Waals surface area contributed by atoms with Crippen molar-refractivity contribution >= 4 is 19.3 Å². The van der Waals surface area contributed by atoms with E-state index in [2.05, 4.69) is 17.2 Å². The Hall–Kier alpha value is -0.120. The van der Waals surface area contributed by atoms with Gasteiger partial charge in [-0.25, -0.2) is 9.05 Å². The first kappa shape index (κ1) is 10.4. The molecule has 0 amide bonds. The minimum atomic E-state index is -2.19. The van der Waals surface area contributed by atoms with Crippen molar-refractivity contribution in [1.82, 2.24) is 5.09 Å². The Morgan fingerprint density at radius 2 is 2.21 bits per heavy atom. The standard InChI is InChI=1S/C9H12NO2PS/c1-11-13(14)10-9(7-12-13)8-5-3-2-4-6-8/h2-6,9H,7H2,1H3,(H,10,14)/t9-,13?/m1/s1. The Bertz CT molecular complexity index is 311. The zero-order valence-electron chi connectivity index (χ0n) is 7.84. The molecule has 0 bridgehead atoms. The van der Waals surface area contributed by atoms with Gasteiger partial charge in [-0.05, 0) is 5.56 Å². The van der Waals surface area contributed by atoms with Gasteiger partial charge in [-0.1, -0.05) is 30.3 Å². The quantitative estimate of drug-likeness (QED) is 0.622. The lowest BCUT2D eigenvalue weighted by atomic mass is 10.1. The van der Waals surface area contributed by atoms with E-state index in [0.717, 1.165) is 0 Å². The van der Waals surface area contributed by atoms with Crippen LogP contribution in [0.4, 0.5) is 0 Å². The average Bonchev–Trinajstić information content (AvgIpc) is 2.63. The fourth-order valence-electron chi connectivity index (χ4n) is 1.40. The van der Waals surface area contributed by atoms with E-state index in [1.807, 2.05) is 18.2 Å². The van der Waals surface area contributed by atoms with Crippen LogP contribution in [0, 0.1) is 0 Å². The summed E-state index contributed by atoms with van der Waals surface area (Å²) in [4.78, 5) is 0. The van der Waals surface area contributed by atoms with Crippen LogP contribution in [0.25, 0.3) is 0 Å². The van der Waals surface area contributed by atoms with Gasteiger partial charge < -0.3 is 12.2 Å². The summed E-state index contributed by atoms with van der Waals surface area (Å²) in [5, 5.41) is 3.21. The number of hydrogen-bond donors (Lipinski definition) is 1. The van der Waals surface area contributed by atoms with E-state index in [4.69, 9.17) is 21.3 Å². The van der Waals surface area contributed by atoms with Gasteiger partial charge in [0.2, 0.25) is 7.07 Å². The highest BCUT2D eigenvalue weighted by Crippen LogP contribution is 2.60. The van der Waals surface area contributed by atoms with Gasteiger partial charge in [0, 0.05) is 0 Å². The highest BCUT2D eigenvalue weighted by atomic mass is 32.7. The predicted molar refractivity (Wildman–Crippen MR) is 59.6 cm³/mol. The molecule has 5 heteroatoms. The van der Waals surface area contributed by atoms with Crippen LogP contribution in [0.1, 0.15) is 11.6 Å². The lowest BCUT2D eigenvalue weighted by molar-refractivity contribution is 0.304. The topological polar surface area (TPSA) is 30.5 Å². The van der Waals surface area contributed by atoms with Crippen LogP contribution in [0.2, 0.25) is 0 Å². The summed E-state index contributed by atoms with van der Waals surface area (Å²) < 4.78 is 10.6. The molecule has 1 heterocycles.